The van der Waals surface area contributed by atoms with Gasteiger partial charge in [-0.05, 0) is 44.7 Å². The Labute approximate surface area is 162 Å². The molecule has 2 aromatic rings. The average Bonchev–Trinajstić information content (AvgIpc) is 2.74. The Morgan fingerprint density at radius 1 is 0.963 bits per heavy atom. The largest absolute Gasteiger partial charge is 0.353 e. The standard InChI is InChI=1S/C21H30N6/c1-3-18-8-5-7-11-27(18)21-23-17(2)16-20(24-21)26-14-12-25(13-15-26)19-9-4-6-10-22-19/h4,6,9-10,16,18H,3,5,7-8,11-15H2,1-2H3. The van der Waals surface area contributed by atoms with Gasteiger partial charge in [-0.1, -0.05) is 13.0 Å². The summed E-state index contributed by atoms with van der Waals surface area (Å²) in [5.41, 5.74) is 1.06. The Hall–Kier alpha value is -2.37. The van der Waals surface area contributed by atoms with E-state index in [4.69, 9.17) is 9.97 Å². The van der Waals surface area contributed by atoms with E-state index >= 15 is 0 Å². The van der Waals surface area contributed by atoms with Crippen LogP contribution in [-0.4, -0.2) is 53.7 Å². The zero-order chi connectivity index (χ0) is 18.6. The molecule has 0 N–H and O–H groups in total. The lowest BCUT2D eigenvalue weighted by Gasteiger charge is -2.38. The zero-order valence-electron chi connectivity index (χ0n) is 16.5. The van der Waals surface area contributed by atoms with Crippen molar-refractivity contribution in [1.29, 1.82) is 0 Å². The van der Waals surface area contributed by atoms with Crippen molar-refractivity contribution in [2.75, 3.05) is 47.4 Å². The third-order valence-corrected chi connectivity index (χ3v) is 5.76. The van der Waals surface area contributed by atoms with Crippen LogP contribution in [0.15, 0.2) is 30.5 Å². The molecule has 144 valence electrons. The molecule has 6 nitrogen and oxygen atoms in total. The number of nitrogens with zero attached hydrogens (tertiary/aromatic N) is 6. The molecule has 27 heavy (non-hydrogen) atoms. The maximum atomic E-state index is 4.98. The van der Waals surface area contributed by atoms with Gasteiger partial charge in [-0.2, -0.15) is 4.98 Å². The van der Waals surface area contributed by atoms with Crippen LogP contribution in [0.5, 0.6) is 0 Å². The van der Waals surface area contributed by atoms with Crippen molar-refractivity contribution >= 4 is 17.6 Å². The molecule has 4 heterocycles. The minimum Gasteiger partial charge on any atom is -0.353 e. The van der Waals surface area contributed by atoms with Crippen LogP contribution in [0, 0.1) is 6.92 Å². The monoisotopic (exact) mass is 366 g/mol. The van der Waals surface area contributed by atoms with Crippen LogP contribution in [0.25, 0.3) is 0 Å². The third kappa shape index (κ3) is 3.99. The average molecular weight is 367 g/mol. The highest BCUT2D eigenvalue weighted by atomic mass is 15.3. The summed E-state index contributed by atoms with van der Waals surface area (Å²) in [7, 11) is 0. The van der Waals surface area contributed by atoms with E-state index in [1.54, 1.807) is 0 Å². The molecule has 0 aromatic carbocycles. The molecule has 4 rings (SSSR count). The summed E-state index contributed by atoms with van der Waals surface area (Å²) in [6.07, 6.45) is 6.85. The summed E-state index contributed by atoms with van der Waals surface area (Å²) in [6.45, 7) is 9.30. The first-order chi connectivity index (χ1) is 13.2. The quantitative estimate of drug-likeness (QED) is 0.828. The SMILES string of the molecule is CCC1CCCCN1c1nc(C)cc(N2CCN(c3ccccn3)CC2)n1. The number of pyridine rings is 1. The molecule has 2 aliphatic heterocycles. The van der Waals surface area contributed by atoms with Gasteiger partial charge in [0.15, 0.2) is 0 Å². The van der Waals surface area contributed by atoms with Crippen LogP contribution in [-0.2, 0) is 0 Å². The maximum absolute atomic E-state index is 4.98. The minimum atomic E-state index is 0.578. The second kappa shape index (κ2) is 8.11. The summed E-state index contributed by atoms with van der Waals surface area (Å²) in [5, 5.41) is 0. The normalized spacial score (nSPS) is 20.8. The molecule has 2 fully saturated rings. The molecule has 1 unspecified atom stereocenters. The van der Waals surface area contributed by atoms with Gasteiger partial charge in [0.05, 0.1) is 0 Å². The Balaban J connectivity index is 1.49. The number of rotatable bonds is 4. The van der Waals surface area contributed by atoms with Gasteiger partial charge < -0.3 is 14.7 Å². The molecule has 6 heteroatoms. The van der Waals surface area contributed by atoms with Crippen molar-refractivity contribution in [3.8, 4) is 0 Å². The molecule has 0 saturated carbocycles. The highest BCUT2D eigenvalue weighted by molar-refractivity contribution is 5.49. The van der Waals surface area contributed by atoms with Crippen molar-refractivity contribution in [3.05, 3.63) is 36.2 Å². The van der Waals surface area contributed by atoms with Gasteiger partial charge in [0.1, 0.15) is 11.6 Å². The molecule has 2 aliphatic rings. The molecule has 0 radical (unpaired) electrons. The molecule has 0 spiro atoms. The number of aryl methyl sites for hydroxylation is 1. The fourth-order valence-electron chi connectivity index (χ4n) is 4.22. The van der Waals surface area contributed by atoms with Gasteiger partial charge in [-0.25, -0.2) is 9.97 Å². The predicted molar refractivity (Wildman–Crippen MR) is 111 cm³/mol. The molecule has 2 saturated heterocycles. The molecule has 2 aromatic heterocycles. The number of anilines is 3. The van der Waals surface area contributed by atoms with Gasteiger partial charge in [0.25, 0.3) is 0 Å². The van der Waals surface area contributed by atoms with E-state index in [2.05, 4.69) is 51.7 Å². The Bertz CT molecular complexity index is 742. The van der Waals surface area contributed by atoms with Crippen molar-refractivity contribution in [2.24, 2.45) is 0 Å². The van der Waals surface area contributed by atoms with E-state index in [-0.39, 0.29) is 0 Å². The van der Waals surface area contributed by atoms with E-state index in [9.17, 15) is 0 Å². The fourth-order valence-corrected chi connectivity index (χ4v) is 4.22. The summed E-state index contributed by atoms with van der Waals surface area (Å²) in [4.78, 5) is 21.4. The number of aromatic nitrogens is 3. The van der Waals surface area contributed by atoms with Crippen LogP contribution in [0.1, 0.15) is 38.3 Å². The Kier molecular flexibility index (Phi) is 5.41. The predicted octanol–water partition coefficient (Wildman–Crippen LogP) is 3.28. The van der Waals surface area contributed by atoms with Crippen molar-refractivity contribution in [3.63, 3.8) is 0 Å². The lowest BCUT2D eigenvalue weighted by molar-refractivity contribution is 0.443. The molecular formula is C21H30N6. The maximum Gasteiger partial charge on any atom is 0.227 e. The van der Waals surface area contributed by atoms with E-state index in [0.29, 0.717) is 6.04 Å². The molecular weight excluding hydrogens is 336 g/mol. The van der Waals surface area contributed by atoms with Crippen LogP contribution < -0.4 is 14.7 Å². The highest BCUT2D eigenvalue weighted by Crippen LogP contribution is 2.26. The van der Waals surface area contributed by atoms with Gasteiger partial charge in [0, 0.05) is 56.7 Å². The van der Waals surface area contributed by atoms with Crippen molar-refractivity contribution < 1.29 is 0 Å². The number of piperazine rings is 1. The smallest absolute Gasteiger partial charge is 0.227 e. The van der Waals surface area contributed by atoms with Crippen LogP contribution in [0.3, 0.4) is 0 Å². The Morgan fingerprint density at radius 2 is 1.74 bits per heavy atom. The first kappa shape index (κ1) is 18.0. The molecule has 0 bridgehead atoms. The second-order valence-electron chi connectivity index (χ2n) is 7.58. The number of hydrogen-bond donors (Lipinski definition) is 0. The molecule has 0 aliphatic carbocycles. The lowest BCUT2D eigenvalue weighted by atomic mass is 10.0. The first-order valence-corrected chi connectivity index (χ1v) is 10.3. The first-order valence-electron chi connectivity index (χ1n) is 10.3. The van der Waals surface area contributed by atoms with Gasteiger partial charge >= 0.3 is 0 Å². The Morgan fingerprint density at radius 3 is 2.44 bits per heavy atom. The summed E-state index contributed by atoms with van der Waals surface area (Å²) < 4.78 is 0. The highest BCUT2D eigenvalue weighted by Gasteiger charge is 2.25. The summed E-state index contributed by atoms with van der Waals surface area (Å²) in [5.74, 6) is 3.05. The van der Waals surface area contributed by atoms with Crippen LogP contribution in [0.2, 0.25) is 0 Å². The number of hydrogen-bond acceptors (Lipinski definition) is 6. The minimum absolute atomic E-state index is 0.578. The van der Waals surface area contributed by atoms with E-state index < -0.39 is 0 Å². The van der Waals surface area contributed by atoms with E-state index in [1.165, 1.54) is 19.3 Å². The van der Waals surface area contributed by atoms with Crippen molar-refractivity contribution in [1.82, 2.24) is 15.0 Å². The number of piperidine rings is 1. The van der Waals surface area contributed by atoms with E-state index in [0.717, 1.165) is 62.4 Å². The topological polar surface area (TPSA) is 48.4 Å². The van der Waals surface area contributed by atoms with Crippen LogP contribution in [0.4, 0.5) is 17.6 Å². The van der Waals surface area contributed by atoms with Crippen LogP contribution >= 0.6 is 0 Å². The summed E-state index contributed by atoms with van der Waals surface area (Å²) >= 11 is 0. The zero-order valence-corrected chi connectivity index (χ0v) is 16.5. The van der Waals surface area contributed by atoms with E-state index in [1.807, 2.05) is 12.3 Å². The lowest BCUT2D eigenvalue weighted by Crippen LogP contribution is -2.47. The fraction of sp³-hybridized carbons (Fsp3) is 0.571. The van der Waals surface area contributed by atoms with Crippen molar-refractivity contribution in [2.45, 2.75) is 45.6 Å². The van der Waals surface area contributed by atoms with Gasteiger partial charge in [0.2, 0.25) is 5.95 Å². The second-order valence-corrected chi connectivity index (χ2v) is 7.58. The van der Waals surface area contributed by atoms with Gasteiger partial charge in [-0.15, -0.1) is 0 Å². The molecule has 0 amide bonds. The third-order valence-electron chi connectivity index (χ3n) is 5.76. The van der Waals surface area contributed by atoms with Gasteiger partial charge in [-0.3, -0.25) is 0 Å². The summed E-state index contributed by atoms with van der Waals surface area (Å²) in [6, 6.07) is 8.82. The molecule has 1 atom stereocenters.